The molecule has 0 unspecified atom stereocenters. The fourth-order valence-electron chi connectivity index (χ4n) is 4.54. The zero-order valence-corrected chi connectivity index (χ0v) is 20.1. The van der Waals surface area contributed by atoms with E-state index in [1.807, 2.05) is 30.3 Å². The highest BCUT2D eigenvalue weighted by atomic mass is 19.1. The normalized spacial score (nSPS) is 16.3. The van der Waals surface area contributed by atoms with E-state index in [9.17, 15) is 18.4 Å². The van der Waals surface area contributed by atoms with Crippen LogP contribution in [0.2, 0.25) is 0 Å². The van der Waals surface area contributed by atoms with E-state index in [0.29, 0.717) is 50.5 Å². The van der Waals surface area contributed by atoms with E-state index in [1.54, 1.807) is 17.3 Å². The fraction of sp³-hybridized carbons (Fsp3) is 0.333. The van der Waals surface area contributed by atoms with Crippen LogP contribution in [0.15, 0.2) is 60.9 Å². The summed E-state index contributed by atoms with van der Waals surface area (Å²) in [6, 6.07) is 12.4. The van der Waals surface area contributed by atoms with Gasteiger partial charge < -0.3 is 19.9 Å². The van der Waals surface area contributed by atoms with Crippen LogP contribution in [0.4, 0.5) is 20.2 Å². The predicted molar refractivity (Wildman–Crippen MR) is 133 cm³/mol. The molecule has 2 aliphatic rings. The van der Waals surface area contributed by atoms with Crippen molar-refractivity contribution in [3.63, 3.8) is 0 Å². The molecule has 8 nitrogen and oxygen atoms in total. The van der Waals surface area contributed by atoms with Crippen LogP contribution in [0.5, 0.6) is 5.75 Å². The summed E-state index contributed by atoms with van der Waals surface area (Å²) in [5.74, 6) is -0.969. The summed E-state index contributed by atoms with van der Waals surface area (Å²) in [5.41, 5.74) is 1.85. The number of aromatic nitrogens is 2. The average Bonchev–Trinajstić information content (AvgIpc) is 2.87. The van der Waals surface area contributed by atoms with Gasteiger partial charge >= 0.3 is 0 Å². The van der Waals surface area contributed by atoms with Crippen LogP contribution in [0.1, 0.15) is 18.4 Å². The molecule has 0 atom stereocenters. The highest BCUT2D eigenvalue weighted by molar-refractivity contribution is 5.94. The Bertz CT molecular complexity index is 1240. The van der Waals surface area contributed by atoms with Gasteiger partial charge in [-0.15, -0.1) is 0 Å². The lowest BCUT2D eigenvalue weighted by Gasteiger charge is -2.39. The molecule has 37 heavy (non-hydrogen) atoms. The Labute approximate surface area is 213 Å². The van der Waals surface area contributed by atoms with Crippen molar-refractivity contribution in [2.45, 2.75) is 25.4 Å². The second-order valence-electron chi connectivity index (χ2n) is 9.33. The minimum absolute atomic E-state index is 0.0236. The highest BCUT2D eigenvalue weighted by Gasteiger charge is 2.33. The van der Waals surface area contributed by atoms with Crippen LogP contribution >= 0.6 is 0 Å². The maximum atomic E-state index is 13.9. The lowest BCUT2D eigenvalue weighted by molar-refractivity contribution is -0.132. The Kier molecular flexibility index (Phi) is 7.25. The number of anilines is 2. The molecule has 0 spiro atoms. The summed E-state index contributed by atoms with van der Waals surface area (Å²) < 4.78 is 33.0. The first-order chi connectivity index (χ1) is 17.9. The van der Waals surface area contributed by atoms with Crippen molar-refractivity contribution in [3.8, 4) is 5.75 Å². The van der Waals surface area contributed by atoms with Crippen LogP contribution in [-0.4, -0.2) is 59.2 Å². The maximum absolute atomic E-state index is 13.9. The number of piperidine rings is 1. The predicted octanol–water partition coefficient (Wildman–Crippen LogP) is 3.44. The summed E-state index contributed by atoms with van der Waals surface area (Å²) in [5, 5.41) is 10.6. The van der Waals surface area contributed by atoms with Crippen LogP contribution in [-0.2, 0) is 16.0 Å². The van der Waals surface area contributed by atoms with Gasteiger partial charge in [0.1, 0.15) is 23.5 Å². The summed E-state index contributed by atoms with van der Waals surface area (Å²) in [7, 11) is 0. The van der Waals surface area contributed by atoms with Gasteiger partial charge in [0.05, 0.1) is 30.4 Å². The number of amides is 2. The smallest absolute Gasteiger partial charge is 0.231 e. The van der Waals surface area contributed by atoms with Crippen molar-refractivity contribution in [2.24, 2.45) is 5.92 Å². The Morgan fingerprint density at radius 2 is 1.76 bits per heavy atom. The van der Waals surface area contributed by atoms with Crippen molar-refractivity contribution in [2.75, 3.05) is 36.4 Å². The van der Waals surface area contributed by atoms with Gasteiger partial charge in [-0.3, -0.25) is 9.59 Å². The van der Waals surface area contributed by atoms with Gasteiger partial charge in [-0.25, -0.2) is 8.78 Å². The van der Waals surface area contributed by atoms with Gasteiger partial charge in [0.15, 0.2) is 0 Å². The molecule has 0 bridgehead atoms. The molecule has 2 saturated heterocycles. The molecule has 10 heteroatoms. The van der Waals surface area contributed by atoms with Crippen molar-refractivity contribution < 1.29 is 23.1 Å². The van der Waals surface area contributed by atoms with Crippen molar-refractivity contribution in [1.82, 2.24) is 15.1 Å². The molecule has 2 aromatic carbocycles. The van der Waals surface area contributed by atoms with Gasteiger partial charge in [-0.05, 0) is 42.0 Å². The average molecular weight is 508 g/mol. The molecule has 2 aliphatic heterocycles. The van der Waals surface area contributed by atoms with E-state index in [1.165, 1.54) is 6.07 Å². The van der Waals surface area contributed by atoms with E-state index in [2.05, 4.69) is 20.4 Å². The molecule has 2 fully saturated rings. The Morgan fingerprint density at radius 1 is 1.00 bits per heavy atom. The first-order valence-electron chi connectivity index (χ1n) is 12.3. The van der Waals surface area contributed by atoms with Gasteiger partial charge in [0, 0.05) is 50.8 Å². The Hall–Kier alpha value is -4.08. The number of benzene rings is 2. The third kappa shape index (κ3) is 6.02. The maximum Gasteiger partial charge on any atom is 0.231 e. The summed E-state index contributed by atoms with van der Waals surface area (Å²) in [6.07, 6.45) is 4.49. The number of nitrogens with zero attached hydrogens (tertiary/aromatic N) is 4. The Balaban J connectivity index is 1.04. The van der Waals surface area contributed by atoms with Crippen LogP contribution in [0.3, 0.4) is 0 Å². The summed E-state index contributed by atoms with van der Waals surface area (Å²) in [6.45, 7) is 2.29. The second-order valence-corrected chi connectivity index (χ2v) is 9.33. The molecular formula is C27H27F2N5O3. The third-order valence-corrected chi connectivity index (χ3v) is 6.76. The molecule has 3 heterocycles. The molecule has 192 valence electrons. The lowest BCUT2D eigenvalue weighted by atomic mass is 9.98. The molecule has 0 aliphatic carbocycles. The van der Waals surface area contributed by atoms with Crippen molar-refractivity contribution in [3.05, 3.63) is 78.1 Å². The number of hydrogen-bond acceptors (Lipinski definition) is 6. The van der Waals surface area contributed by atoms with E-state index in [-0.39, 0.29) is 35.8 Å². The van der Waals surface area contributed by atoms with E-state index < -0.39 is 11.6 Å². The zero-order chi connectivity index (χ0) is 25.8. The fourth-order valence-corrected chi connectivity index (χ4v) is 4.54. The molecule has 5 rings (SSSR count). The van der Waals surface area contributed by atoms with Crippen LogP contribution in [0, 0.1) is 17.6 Å². The quantitative estimate of drug-likeness (QED) is 0.527. The number of rotatable bonds is 7. The van der Waals surface area contributed by atoms with E-state index in [4.69, 9.17) is 4.74 Å². The summed E-state index contributed by atoms with van der Waals surface area (Å²) in [4.78, 5) is 28.9. The highest BCUT2D eigenvalue weighted by Crippen LogP contribution is 2.26. The van der Waals surface area contributed by atoms with Crippen LogP contribution in [0.25, 0.3) is 0 Å². The number of ether oxygens (including phenoxy) is 1. The number of halogens is 2. The lowest BCUT2D eigenvalue weighted by Crippen LogP contribution is -2.52. The number of nitrogens with one attached hydrogen (secondary N) is 1. The molecule has 0 radical (unpaired) electrons. The SMILES string of the molecule is O=C(Nc1ccc(OC2CCN(C(=O)Cc3ccc(F)cc3F)CC2)cc1)C1CN(c2ccnnc2)C1. The molecular weight excluding hydrogens is 480 g/mol. The largest absolute Gasteiger partial charge is 0.490 e. The second kappa shape index (κ2) is 10.9. The molecule has 0 saturated carbocycles. The molecule has 2 amide bonds. The number of carbonyl (C=O) groups is 2. The summed E-state index contributed by atoms with van der Waals surface area (Å²) >= 11 is 0. The monoisotopic (exact) mass is 507 g/mol. The van der Waals surface area contributed by atoms with Crippen LogP contribution < -0.4 is 15.0 Å². The van der Waals surface area contributed by atoms with Gasteiger partial charge in [0.2, 0.25) is 11.8 Å². The standard InChI is InChI=1S/C27H27F2N5O3/c28-20-2-1-18(25(29)14-20)13-26(35)33-11-8-24(9-12-33)37-23-5-3-21(4-6-23)32-27(36)19-16-34(17-19)22-7-10-30-31-15-22/h1-7,10,14-15,19,24H,8-9,11-13,16-17H2,(H,32,36). The molecule has 3 aromatic rings. The first-order valence-corrected chi connectivity index (χ1v) is 12.3. The van der Waals surface area contributed by atoms with Gasteiger partial charge in [-0.2, -0.15) is 10.2 Å². The van der Waals surface area contributed by atoms with E-state index >= 15 is 0 Å². The first kappa shape index (κ1) is 24.6. The minimum atomic E-state index is -0.705. The number of likely N-dealkylation sites (tertiary alicyclic amines) is 1. The zero-order valence-electron chi connectivity index (χ0n) is 20.1. The third-order valence-electron chi connectivity index (χ3n) is 6.76. The Morgan fingerprint density at radius 3 is 2.43 bits per heavy atom. The number of hydrogen-bond donors (Lipinski definition) is 1. The minimum Gasteiger partial charge on any atom is -0.490 e. The topological polar surface area (TPSA) is 87.7 Å². The van der Waals surface area contributed by atoms with Crippen molar-refractivity contribution in [1.29, 1.82) is 0 Å². The van der Waals surface area contributed by atoms with Gasteiger partial charge in [-0.1, -0.05) is 6.07 Å². The molecule has 1 aromatic heterocycles. The molecule has 1 N–H and O–H groups in total. The number of carbonyl (C=O) groups excluding carboxylic acids is 2. The van der Waals surface area contributed by atoms with Gasteiger partial charge in [0.25, 0.3) is 0 Å². The van der Waals surface area contributed by atoms with Crippen molar-refractivity contribution >= 4 is 23.2 Å². The van der Waals surface area contributed by atoms with E-state index in [0.717, 1.165) is 17.8 Å².